The lowest BCUT2D eigenvalue weighted by Gasteiger charge is -1.93. The largest absolute Gasteiger partial charge is 0.508 e. The van der Waals surface area contributed by atoms with Gasteiger partial charge in [0.15, 0.2) is 5.78 Å². The zero-order chi connectivity index (χ0) is 12.3. The maximum absolute atomic E-state index is 11.7. The highest BCUT2D eigenvalue weighted by atomic mass is 16.3. The lowest BCUT2D eigenvalue weighted by atomic mass is 10.1. The summed E-state index contributed by atoms with van der Waals surface area (Å²) in [7, 11) is 1.76. The summed E-state index contributed by atoms with van der Waals surface area (Å²) in [4.78, 5) is 11.7. The first-order valence-electron chi connectivity index (χ1n) is 5.15. The van der Waals surface area contributed by atoms with Gasteiger partial charge < -0.3 is 5.11 Å². The third-order valence-corrected chi connectivity index (χ3v) is 2.31. The van der Waals surface area contributed by atoms with E-state index in [4.69, 9.17) is 5.11 Å². The molecule has 0 aliphatic rings. The van der Waals surface area contributed by atoms with Gasteiger partial charge in [0, 0.05) is 13.2 Å². The average Bonchev–Trinajstić information content (AvgIpc) is 2.75. The summed E-state index contributed by atoms with van der Waals surface area (Å²) < 4.78 is 1.58. The van der Waals surface area contributed by atoms with Gasteiger partial charge in [-0.1, -0.05) is 18.2 Å². The maximum atomic E-state index is 11.7. The number of ketones is 1. The highest BCUT2D eigenvalue weighted by Crippen LogP contribution is 2.11. The predicted molar refractivity (Wildman–Crippen MR) is 64.7 cm³/mol. The van der Waals surface area contributed by atoms with Crippen LogP contribution < -0.4 is 0 Å². The number of benzene rings is 1. The first-order chi connectivity index (χ1) is 8.15. The van der Waals surface area contributed by atoms with Crippen molar-refractivity contribution in [1.29, 1.82) is 0 Å². The van der Waals surface area contributed by atoms with Gasteiger partial charge in [-0.3, -0.25) is 9.48 Å². The fourth-order valence-corrected chi connectivity index (χ4v) is 1.40. The lowest BCUT2D eigenvalue weighted by molar-refractivity contribution is 0.104. The summed E-state index contributed by atoms with van der Waals surface area (Å²) in [6.07, 6.45) is 6.39. The van der Waals surface area contributed by atoms with E-state index in [-0.39, 0.29) is 11.5 Å². The molecule has 17 heavy (non-hydrogen) atoms. The molecule has 4 nitrogen and oxygen atoms in total. The Morgan fingerprint density at radius 3 is 2.65 bits per heavy atom. The van der Waals surface area contributed by atoms with Crippen LogP contribution in [0.5, 0.6) is 5.75 Å². The van der Waals surface area contributed by atoms with Gasteiger partial charge in [0.25, 0.3) is 0 Å². The number of carbonyl (C=O) groups excluding carboxylic acids is 1. The molecule has 2 rings (SSSR count). The van der Waals surface area contributed by atoms with Crippen LogP contribution in [0.2, 0.25) is 0 Å². The first-order valence-corrected chi connectivity index (χ1v) is 5.15. The first kappa shape index (κ1) is 11.1. The second-order valence-electron chi connectivity index (χ2n) is 3.69. The zero-order valence-corrected chi connectivity index (χ0v) is 9.37. The number of phenols is 1. The highest BCUT2D eigenvalue weighted by molar-refractivity contribution is 6.06. The summed E-state index contributed by atoms with van der Waals surface area (Å²) in [5.74, 6) is 0.118. The number of hydrogen-bond acceptors (Lipinski definition) is 3. The van der Waals surface area contributed by atoms with E-state index in [1.807, 2.05) is 0 Å². The van der Waals surface area contributed by atoms with Crippen LogP contribution in [-0.4, -0.2) is 20.7 Å². The van der Waals surface area contributed by atoms with E-state index in [0.29, 0.717) is 5.56 Å². The summed E-state index contributed by atoms with van der Waals surface area (Å²) in [5.41, 5.74) is 1.42. The second-order valence-corrected chi connectivity index (χ2v) is 3.69. The van der Waals surface area contributed by atoms with Crippen LogP contribution in [0.1, 0.15) is 15.9 Å². The molecule has 1 aromatic carbocycles. The number of aromatic hydroxyl groups is 1. The van der Waals surface area contributed by atoms with Crippen molar-refractivity contribution < 1.29 is 9.90 Å². The molecule has 86 valence electrons. The number of phenolic OH excluding ortho intramolecular Hbond substituents is 1. The van der Waals surface area contributed by atoms with Crippen LogP contribution in [0.25, 0.3) is 6.08 Å². The SMILES string of the molecule is Cn1cc(C(=O)/C=C\c2ccc(O)cc2)cn1. The summed E-state index contributed by atoms with van der Waals surface area (Å²) in [5, 5.41) is 13.0. The van der Waals surface area contributed by atoms with E-state index < -0.39 is 0 Å². The van der Waals surface area contributed by atoms with Crippen LogP contribution in [0, 0.1) is 0 Å². The maximum Gasteiger partial charge on any atom is 0.189 e. The highest BCUT2D eigenvalue weighted by Gasteiger charge is 2.03. The Bertz CT molecular complexity index is 553. The molecule has 0 aliphatic carbocycles. The number of rotatable bonds is 3. The molecule has 0 atom stereocenters. The van der Waals surface area contributed by atoms with Crippen LogP contribution in [0.4, 0.5) is 0 Å². The van der Waals surface area contributed by atoms with Crippen molar-refractivity contribution in [2.24, 2.45) is 7.05 Å². The minimum absolute atomic E-state index is 0.0915. The van der Waals surface area contributed by atoms with Gasteiger partial charge in [-0.2, -0.15) is 5.10 Å². The molecular weight excluding hydrogens is 216 g/mol. The van der Waals surface area contributed by atoms with Crippen LogP contribution in [0.15, 0.2) is 42.7 Å². The summed E-state index contributed by atoms with van der Waals surface area (Å²) in [6.45, 7) is 0. The van der Waals surface area contributed by atoms with Crippen molar-refractivity contribution in [3.8, 4) is 5.75 Å². The molecule has 0 aliphatic heterocycles. The predicted octanol–water partition coefficient (Wildman–Crippen LogP) is 2.02. The third-order valence-electron chi connectivity index (χ3n) is 2.31. The Balaban J connectivity index is 2.10. The Kier molecular flexibility index (Phi) is 3.05. The number of hydrogen-bond donors (Lipinski definition) is 1. The van der Waals surface area contributed by atoms with Gasteiger partial charge in [0.2, 0.25) is 0 Å². The van der Waals surface area contributed by atoms with Crippen molar-refractivity contribution in [2.45, 2.75) is 0 Å². The molecule has 2 aromatic rings. The zero-order valence-electron chi connectivity index (χ0n) is 9.37. The number of allylic oxidation sites excluding steroid dienone is 1. The van der Waals surface area contributed by atoms with Crippen LogP contribution >= 0.6 is 0 Å². The van der Waals surface area contributed by atoms with Gasteiger partial charge in [-0.05, 0) is 23.8 Å². The number of carbonyl (C=O) groups is 1. The van der Waals surface area contributed by atoms with Crippen molar-refractivity contribution in [1.82, 2.24) is 9.78 Å². The molecule has 1 N–H and O–H groups in total. The van der Waals surface area contributed by atoms with Crippen LogP contribution in [0.3, 0.4) is 0 Å². The second kappa shape index (κ2) is 4.65. The Labute approximate surface area is 98.8 Å². The molecule has 1 heterocycles. The van der Waals surface area contributed by atoms with Gasteiger partial charge in [0.1, 0.15) is 5.75 Å². The Morgan fingerprint density at radius 2 is 2.06 bits per heavy atom. The van der Waals surface area contributed by atoms with E-state index in [2.05, 4.69) is 5.10 Å². The van der Waals surface area contributed by atoms with Crippen molar-refractivity contribution >= 4 is 11.9 Å². The Hall–Kier alpha value is -2.36. The fraction of sp³-hybridized carbons (Fsp3) is 0.0769. The topological polar surface area (TPSA) is 55.1 Å². The summed E-state index contributed by atoms with van der Waals surface area (Å²) >= 11 is 0. The van der Waals surface area contributed by atoms with Crippen LogP contribution in [-0.2, 0) is 7.05 Å². The minimum atomic E-state index is -0.0915. The van der Waals surface area contributed by atoms with Crippen molar-refractivity contribution in [2.75, 3.05) is 0 Å². The van der Waals surface area contributed by atoms with E-state index in [0.717, 1.165) is 5.56 Å². The number of nitrogens with zero attached hydrogens (tertiary/aromatic N) is 2. The van der Waals surface area contributed by atoms with E-state index in [1.54, 1.807) is 48.3 Å². The molecule has 0 fully saturated rings. The van der Waals surface area contributed by atoms with Crippen molar-refractivity contribution in [3.63, 3.8) is 0 Å². The van der Waals surface area contributed by atoms with E-state index >= 15 is 0 Å². The quantitative estimate of drug-likeness (QED) is 0.646. The third kappa shape index (κ3) is 2.81. The number of aromatic nitrogens is 2. The summed E-state index contributed by atoms with van der Waals surface area (Å²) in [6, 6.07) is 6.63. The monoisotopic (exact) mass is 228 g/mol. The molecule has 0 spiro atoms. The molecule has 0 saturated carbocycles. The molecule has 0 amide bonds. The van der Waals surface area contributed by atoms with E-state index in [1.165, 1.54) is 12.3 Å². The normalized spacial score (nSPS) is 10.9. The van der Waals surface area contributed by atoms with E-state index in [9.17, 15) is 4.79 Å². The number of aryl methyl sites for hydroxylation is 1. The lowest BCUT2D eigenvalue weighted by Crippen LogP contribution is -1.91. The molecular formula is C13H12N2O2. The van der Waals surface area contributed by atoms with Gasteiger partial charge in [-0.15, -0.1) is 0 Å². The van der Waals surface area contributed by atoms with Gasteiger partial charge in [0.05, 0.1) is 11.8 Å². The Morgan fingerprint density at radius 1 is 1.35 bits per heavy atom. The molecule has 0 saturated heterocycles. The van der Waals surface area contributed by atoms with Gasteiger partial charge in [-0.25, -0.2) is 0 Å². The molecule has 0 bridgehead atoms. The average molecular weight is 228 g/mol. The van der Waals surface area contributed by atoms with Gasteiger partial charge >= 0.3 is 0 Å². The molecule has 0 radical (unpaired) electrons. The molecule has 1 aromatic heterocycles. The van der Waals surface area contributed by atoms with Crippen molar-refractivity contribution in [3.05, 3.63) is 53.9 Å². The fourth-order valence-electron chi connectivity index (χ4n) is 1.40. The smallest absolute Gasteiger partial charge is 0.189 e. The molecule has 0 unspecified atom stereocenters. The molecule has 4 heteroatoms. The standard InChI is InChI=1S/C13H12N2O2/c1-15-9-11(8-14-15)13(17)7-4-10-2-5-12(16)6-3-10/h2-9,16H,1H3/b7-4-. The minimum Gasteiger partial charge on any atom is -0.508 e.